The van der Waals surface area contributed by atoms with Crippen molar-refractivity contribution < 1.29 is 9.32 Å². The van der Waals surface area contributed by atoms with E-state index in [0.717, 1.165) is 6.54 Å². The number of hydrogen-bond donors (Lipinski definition) is 1. The summed E-state index contributed by atoms with van der Waals surface area (Å²) in [5.41, 5.74) is 1.25. The summed E-state index contributed by atoms with van der Waals surface area (Å²) in [5.74, 6) is 0.841. The van der Waals surface area contributed by atoms with Gasteiger partial charge in [-0.1, -0.05) is 5.16 Å². The molecule has 0 aliphatic carbocycles. The van der Waals surface area contributed by atoms with Gasteiger partial charge in [-0.25, -0.2) is 0 Å². The van der Waals surface area contributed by atoms with Gasteiger partial charge in [-0.05, 0) is 20.8 Å². The molecule has 2 aromatic heterocycles. The van der Waals surface area contributed by atoms with Gasteiger partial charge < -0.3 is 9.84 Å². The van der Waals surface area contributed by atoms with E-state index in [-0.39, 0.29) is 5.91 Å². The summed E-state index contributed by atoms with van der Waals surface area (Å²) in [4.78, 5) is 11.9. The smallest absolute Gasteiger partial charge is 0.260 e. The highest BCUT2D eigenvalue weighted by atomic mass is 16.5. The highest BCUT2D eigenvalue weighted by molar-refractivity contribution is 6.04. The van der Waals surface area contributed by atoms with Crippen LogP contribution in [0.3, 0.4) is 0 Å². The molecular formula is C11H14N4O2. The lowest BCUT2D eigenvalue weighted by molar-refractivity contribution is 0.102. The van der Waals surface area contributed by atoms with Gasteiger partial charge in [0.2, 0.25) is 0 Å². The number of rotatable bonds is 3. The van der Waals surface area contributed by atoms with Crippen LogP contribution in [0, 0.1) is 13.8 Å². The van der Waals surface area contributed by atoms with Crippen LogP contribution in [0.25, 0.3) is 0 Å². The zero-order chi connectivity index (χ0) is 12.4. The summed E-state index contributed by atoms with van der Waals surface area (Å²) in [6.07, 6.45) is 1.72. The van der Waals surface area contributed by atoms with Gasteiger partial charge in [0.15, 0.2) is 5.82 Å². The normalized spacial score (nSPS) is 10.5. The van der Waals surface area contributed by atoms with Gasteiger partial charge in [0.05, 0.1) is 11.3 Å². The quantitative estimate of drug-likeness (QED) is 0.878. The Hall–Kier alpha value is -2.11. The number of anilines is 1. The molecule has 0 saturated carbocycles. The van der Waals surface area contributed by atoms with Crippen LogP contribution in [-0.4, -0.2) is 20.8 Å². The number of carbonyl (C=O) groups excluding carboxylic acids is 1. The molecule has 0 unspecified atom stereocenters. The van der Waals surface area contributed by atoms with Crippen LogP contribution in [-0.2, 0) is 6.54 Å². The highest BCUT2D eigenvalue weighted by Gasteiger charge is 2.14. The van der Waals surface area contributed by atoms with Gasteiger partial charge in [0.1, 0.15) is 5.76 Å². The van der Waals surface area contributed by atoms with Crippen LogP contribution in [0.5, 0.6) is 0 Å². The first kappa shape index (κ1) is 11.4. The van der Waals surface area contributed by atoms with Crippen LogP contribution in [0.2, 0.25) is 0 Å². The maximum atomic E-state index is 11.9. The number of aryl methyl sites for hydroxylation is 3. The Morgan fingerprint density at radius 1 is 1.53 bits per heavy atom. The Morgan fingerprint density at radius 2 is 2.29 bits per heavy atom. The SMILES string of the molecule is CCn1cc(C(=O)Nc2cc(C)on2)c(C)n1. The predicted octanol–water partition coefficient (Wildman–Crippen LogP) is 1.76. The third-order valence-corrected chi connectivity index (χ3v) is 2.38. The Labute approximate surface area is 98.6 Å². The van der Waals surface area contributed by atoms with Crippen molar-refractivity contribution >= 4 is 11.7 Å². The zero-order valence-corrected chi connectivity index (χ0v) is 10.0. The Morgan fingerprint density at radius 3 is 2.82 bits per heavy atom. The average molecular weight is 234 g/mol. The minimum Gasteiger partial charge on any atom is -0.360 e. The fourth-order valence-electron chi connectivity index (χ4n) is 1.51. The van der Waals surface area contributed by atoms with Crippen molar-refractivity contribution in [1.82, 2.24) is 14.9 Å². The third kappa shape index (κ3) is 2.35. The molecule has 0 bridgehead atoms. The number of nitrogens with zero attached hydrogens (tertiary/aromatic N) is 3. The fourth-order valence-corrected chi connectivity index (χ4v) is 1.51. The molecule has 0 saturated heterocycles. The van der Waals surface area contributed by atoms with E-state index in [2.05, 4.69) is 15.6 Å². The van der Waals surface area contributed by atoms with Crippen molar-refractivity contribution in [2.75, 3.05) is 5.32 Å². The average Bonchev–Trinajstić information content (AvgIpc) is 2.85. The first-order valence-corrected chi connectivity index (χ1v) is 5.39. The van der Waals surface area contributed by atoms with Crippen molar-refractivity contribution in [1.29, 1.82) is 0 Å². The van der Waals surface area contributed by atoms with Crippen molar-refractivity contribution in [3.05, 3.63) is 29.3 Å². The second-order valence-electron chi connectivity index (χ2n) is 3.76. The summed E-state index contributed by atoms with van der Waals surface area (Å²) in [6.45, 7) is 6.27. The van der Waals surface area contributed by atoms with Crippen molar-refractivity contribution in [3.8, 4) is 0 Å². The van der Waals surface area contributed by atoms with Gasteiger partial charge in [-0.2, -0.15) is 5.10 Å². The van der Waals surface area contributed by atoms with Crippen molar-refractivity contribution in [2.24, 2.45) is 0 Å². The van der Waals surface area contributed by atoms with E-state index in [4.69, 9.17) is 4.52 Å². The second-order valence-corrected chi connectivity index (χ2v) is 3.76. The monoisotopic (exact) mass is 234 g/mol. The molecule has 1 amide bonds. The molecule has 2 rings (SSSR count). The molecule has 0 aliphatic heterocycles. The Bertz CT molecular complexity index is 541. The van der Waals surface area contributed by atoms with Crippen molar-refractivity contribution in [3.63, 3.8) is 0 Å². The molecule has 17 heavy (non-hydrogen) atoms. The summed E-state index contributed by atoms with van der Waals surface area (Å²) >= 11 is 0. The zero-order valence-electron chi connectivity index (χ0n) is 10.0. The van der Waals surface area contributed by atoms with E-state index in [1.54, 1.807) is 30.8 Å². The van der Waals surface area contributed by atoms with Crippen LogP contribution >= 0.6 is 0 Å². The molecule has 0 spiro atoms. The van der Waals surface area contributed by atoms with Gasteiger partial charge >= 0.3 is 0 Å². The standard InChI is InChI=1S/C11H14N4O2/c1-4-15-6-9(8(3)13-15)11(16)12-10-5-7(2)17-14-10/h5-6H,4H2,1-3H3,(H,12,14,16). The largest absolute Gasteiger partial charge is 0.360 e. The van der Waals surface area contributed by atoms with Crippen LogP contribution in [0.4, 0.5) is 5.82 Å². The van der Waals surface area contributed by atoms with E-state index in [1.165, 1.54) is 0 Å². The number of hydrogen-bond acceptors (Lipinski definition) is 4. The van der Waals surface area contributed by atoms with E-state index in [1.807, 2.05) is 6.92 Å². The van der Waals surface area contributed by atoms with Gasteiger partial charge in [-0.3, -0.25) is 9.48 Å². The third-order valence-electron chi connectivity index (χ3n) is 2.38. The van der Waals surface area contributed by atoms with E-state index in [9.17, 15) is 4.79 Å². The molecule has 2 aromatic rings. The van der Waals surface area contributed by atoms with E-state index < -0.39 is 0 Å². The topological polar surface area (TPSA) is 73.0 Å². The lowest BCUT2D eigenvalue weighted by atomic mass is 10.2. The predicted molar refractivity (Wildman–Crippen MR) is 61.8 cm³/mol. The number of aromatic nitrogens is 3. The molecule has 6 heteroatoms. The lowest BCUT2D eigenvalue weighted by Gasteiger charge is -1.98. The first-order valence-electron chi connectivity index (χ1n) is 5.39. The van der Waals surface area contributed by atoms with E-state index in [0.29, 0.717) is 22.8 Å². The summed E-state index contributed by atoms with van der Waals surface area (Å²) in [7, 11) is 0. The second kappa shape index (κ2) is 4.40. The molecule has 6 nitrogen and oxygen atoms in total. The van der Waals surface area contributed by atoms with Crippen LogP contribution in [0.15, 0.2) is 16.8 Å². The molecule has 90 valence electrons. The minimum atomic E-state index is -0.226. The molecule has 0 fully saturated rings. The minimum absolute atomic E-state index is 0.226. The van der Waals surface area contributed by atoms with Crippen LogP contribution in [0.1, 0.15) is 28.7 Å². The summed E-state index contributed by atoms with van der Waals surface area (Å²) < 4.78 is 6.59. The Balaban J connectivity index is 2.16. The van der Waals surface area contributed by atoms with Gasteiger partial charge in [0.25, 0.3) is 5.91 Å². The van der Waals surface area contributed by atoms with E-state index >= 15 is 0 Å². The first-order chi connectivity index (χ1) is 8.10. The highest BCUT2D eigenvalue weighted by Crippen LogP contribution is 2.11. The molecule has 0 radical (unpaired) electrons. The molecule has 0 atom stereocenters. The molecule has 0 aromatic carbocycles. The molecule has 2 heterocycles. The fraction of sp³-hybridized carbons (Fsp3) is 0.364. The molecule has 0 aliphatic rings. The Kier molecular flexibility index (Phi) is 2.95. The number of nitrogens with one attached hydrogen (secondary N) is 1. The molecular weight excluding hydrogens is 220 g/mol. The maximum absolute atomic E-state index is 11.9. The summed E-state index contributed by atoms with van der Waals surface area (Å²) in [5, 5.41) is 10.6. The van der Waals surface area contributed by atoms with Crippen LogP contribution < -0.4 is 5.32 Å². The number of amides is 1. The lowest BCUT2D eigenvalue weighted by Crippen LogP contribution is -2.12. The number of carbonyl (C=O) groups is 1. The maximum Gasteiger partial charge on any atom is 0.260 e. The summed E-state index contributed by atoms with van der Waals surface area (Å²) in [6, 6.07) is 1.66. The van der Waals surface area contributed by atoms with Crippen molar-refractivity contribution in [2.45, 2.75) is 27.3 Å². The molecule has 1 N–H and O–H groups in total. The van der Waals surface area contributed by atoms with Gasteiger partial charge in [0, 0.05) is 18.8 Å². The van der Waals surface area contributed by atoms with Gasteiger partial charge in [-0.15, -0.1) is 0 Å².